The largest absolute Gasteiger partial charge is 0.396 e. The summed E-state index contributed by atoms with van der Waals surface area (Å²) in [5.41, 5.74) is 0. The Labute approximate surface area is 94.7 Å². The summed E-state index contributed by atoms with van der Waals surface area (Å²) >= 11 is 0. The average molecular weight is 213 g/mol. The average Bonchev–Trinajstić information content (AvgIpc) is 2.25. The van der Waals surface area contributed by atoms with E-state index in [4.69, 9.17) is 5.11 Å². The maximum Gasteiger partial charge on any atom is 0.0443 e. The molecule has 0 atom stereocenters. The van der Waals surface area contributed by atoms with E-state index >= 15 is 0 Å². The summed E-state index contributed by atoms with van der Waals surface area (Å²) in [4.78, 5) is 2.53. The van der Waals surface area contributed by atoms with Gasteiger partial charge in [0.25, 0.3) is 0 Å². The fourth-order valence-electron chi connectivity index (χ4n) is 2.54. The van der Waals surface area contributed by atoms with E-state index in [9.17, 15) is 0 Å². The Morgan fingerprint density at radius 2 is 1.87 bits per heavy atom. The first kappa shape index (κ1) is 13.0. The quantitative estimate of drug-likeness (QED) is 0.733. The molecule has 0 bridgehead atoms. The molecule has 90 valence electrons. The molecule has 1 aliphatic rings. The van der Waals surface area contributed by atoms with Crippen LogP contribution in [-0.4, -0.2) is 35.7 Å². The van der Waals surface area contributed by atoms with Crippen molar-refractivity contribution < 1.29 is 5.11 Å². The van der Waals surface area contributed by atoms with Gasteiger partial charge < -0.3 is 10.0 Å². The minimum atomic E-state index is 0.327. The van der Waals surface area contributed by atoms with Crippen LogP contribution in [0.3, 0.4) is 0 Å². The SMILES string of the molecule is CC(C)N(CCCO)CC1CCCCC1. The molecule has 1 saturated carbocycles. The van der Waals surface area contributed by atoms with E-state index < -0.39 is 0 Å². The molecule has 0 aromatic carbocycles. The maximum atomic E-state index is 8.88. The van der Waals surface area contributed by atoms with Crippen LogP contribution in [0.5, 0.6) is 0 Å². The Balaban J connectivity index is 2.28. The third-order valence-electron chi connectivity index (χ3n) is 3.55. The van der Waals surface area contributed by atoms with Crippen LogP contribution in [0.15, 0.2) is 0 Å². The van der Waals surface area contributed by atoms with Gasteiger partial charge in [0.15, 0.2) is 0 Å². The van der Waals surface area contributed by atoms with E-state index in [1.54, 1.807) is 0 Å². The molecule has 15 heavy (non-hydrogen) atoms. The molecular formula is C13H27NO. The highest BCUT2D eigenvalue weighted by atomic mass is 16.3. The van der Waals surface area contributed by atoms with E-state index in [0.29, 0.717) is 12.6 Å². The van der Waals surface area contributed by atoms with Crippen molar-refractivity contribution >= 4 is 0 Å². The van der Waals surface area contributed by atoms with Gasteiger partial charge in [-0.2, -0.15) is 0 Å². The second kappa shape index (κ2) is 7.24. The zero-order chi connectivity index (χ0) is 11.1. The van der Waals surface area contributed by atoms with E-state index in [1.807, 2.05) is 0 Å². The first-order valence-corrected chi connectivity index (χ1v) is 6.59. The molecule has 0 aliphatic heterocycles. The summed E-state index contributed by atoms with van der Waals surface area (Å²) < 4.78 is 0. The topological polar surface area (TPSA) is 23.5 Å². The molecule has 2 nitrogen and oxygen atoms in total. The first-order valence-electron chi connectivity index (χ1n) is 6.59. The van der Waals surface area contributed by atoms with Crippen molar-refractivity contribution in [2.24, 2.45) is 5.92 Å². The van der Waals surface area contributed by atoms with Crippen LogP contribution in [0.4, 0.5) is 0 Å². The molecular weight excluding hydrogens is 186 g/mol. The second-order valence-corrected chi connectivity index (χ2v) is 5.17. The van der Waals surface area contributed by atoms with Gasteiger partial charge in [0.05, 0.1) is 0 Å². The molecule has 0 amide bonds. The smallest absolute Gasteiger partial charge is 0.0443 e. The second-order valence-electron chi connectivity index (χ2n) is 5.17. The Morgan fingerprint density at radius 1 is 1.20 bits per heavy atom. The third kappa shape index (κ3) is 4.98. The van der Waals surface area contributed by atoms with Crippen LogP contribution in [0.25, 0.3) is 0 Å². The third-order valence-corrected chi connectivity index (χ3v) is 3.55. The monoisotopic (exact) mass is 213 g/mol. The molecule has 1 rings (SSSR count). The lowest BCUT2D eigenvalue weighted by molar-refractivity contribution is 0.151. The molecule has 1 aliphatic carbocycles. The number of hydrogen-bond acceptors (Lipinski definition) is 2. The number of aliphatic hydroxyl groups is 1. The van der Waals surface area contributed by atoms with Crippen LogP contribution in [-0.2, 0) is 0 Å². The van der Waals surface area contributed by atoms with Gasteiger partial charge in [0.2, 0.25) is 0 Å². The molecule has 2 heteroatoms. The van der Waals surface area contributed by atoms with E-state index in [0.717, 1.165) is 18.9 Å². The molecule has 0 aromatic rings. The molecule has 1 N–H and O–H groups in total. The predicted molar refractivity (Wildman–Crippen MR) is 65.0 cm³/mol. The highest BCUT2D eigenvalue weighted by Gasteiger charge is 2.18. The number of rotatable bonds is 6. The van der Waals surface area contributed by atoms with Crippen molar-refractivity contribution in [2.75, 3.05) is 19.7 Å². The molecule has 0 unspecified atom stereocenters. The van der Waals surface area contributed by atoms with Crippen LogP contribution in [0.2, 0.25) is 0 Å². The lowest BCUT2D eigenvalue weighted by atomic mass is 9.88. The fourth-order valence-corrected chi connectivity index (χ4v) is 2.54. The highest BCUT2D eigenvalue weighted by Crippen LogP contribution is 2.24. The van der Waals surface area contributed by atoms with Gasteiger partial charge in [0, 0.05) is 25.7 Å². The van der Waals surface area contributed by atoms with Crippen LogP contribution in [0.1, 0.15) is 52.4 Å². The minimum absolute atomic E-state index is 0.327. The lowest BCUT2D eigenvalue weighted by Crippen LogP contribution is -2.37. The Kier molecular flexibility index (Phi) is 6.26. The molecule has 0 spiro atoms. The zero-order valence-corrected chi connectivity index (χ0v) is 10.4. The van der Waals surface area contributed by atoms with Crippen molar-refractivity contribution in [3.63, 3.8) is 0 Å². The zero-order valence-electron chi connectivity index (χ0n) is 10.4. The van der Waals surface area contributed by atoms with Crippen molar-refractivity contribution in [1.29, 1.82) is 0 Å². The predicted octanol–water partition coefficient (Wildman–Crippen LogP) is 2.66. The summed E-state index contributed by atoms with van der Waals surface area (Å²) in [6, 6.07) is 0.624. The van der Waals surface area contributed by atoms with E-state index in [1.165, 1.54) is 38.6 Å². The van der Waals surface area contributed by atoms with Gasteiger partial charge >= 0.3 is 0 Å². The lowest BCUT2D eigenvalue weighted by Gasteiger charge is -2.32. The number of nitrogens with zero attached hydrogens (tertiary/aromatic N) is 1. The normalized spacial score (nSPS) is 19.0. The molecule has 0 aromatic heterocycles. The van der Waals surface area contributed by atoms with Gasteiger partial charge in [-0.1, -0.05) is 19.3 Å². The van der Waals surface area contributed by atoms with E-state index in [-0.39, 0.29) is 0 Å². The summed E-state index contributed by atoms with van der Waals surface area (Å²) in [6.07, 6.45) is 8.05. The summed E-state index contributed by atoms with van der Waals surface area (Å²) in [5.74, 6) is 0.917. The van der Waals surface area contributed by atoms with Crippen molar-refractivity contribution in [2.45, 2.75) is 58.4 Å². The van der Waals surface area contributed by atoms with Crippen molar-refractivity contribution in [3.8, 4) is 0 Å². The van der Waals surface area contributed by atoms with Crippen molar-refractivity contribution in [1.82, 2.24) is 4.90 Å². The maximum absolute atomic E-state index is 8.88. The first-order chi connectivity index (χ1) is 7.24. The van der Waals surface area contributed by atoms with Gasteiger partial charge in [0.1, 0.15) is 0 Å². The summed E-state index contributed by atoms with van der Waals surface area (Å²) in [5, 5.41) is 8.88. The Morgan fingerprint density at radius 3 is 2.40 bits per heavy atom. The van der Waals surface area contributed by atoms with Crippen LogP contribution in [0, 0.1) is 5.92 Å². The molecule has 0 heterocycles. The summed E-state index contributed by atoms with van der Waals surface area (Å²) in [7, 11) is 0. The molecule has 1 fully saturated rings. The van der Waals surface area contributed by atoms with Crippen LogP contribution < -0.4 is 0 Å². The minimum Gasteiger partial charge on any atom is -0.396 e. The summed E-state index contributed by atoms with van der Waals surface area (Å²) in [6.45, 7) is 7.16. The molecule has 0 radical (unpaired) electrons. The Hall–Kier alpha value is -0.0800. The van der Waals surface area contributed by atoms with Crippen molar-refractivity contribution in [3.05, 3.63) is 0 Å². The van der Waals surface area contributed by atoms with Gasteiger partial charge in [-0.3, -0.25) is 0 Å². The van der Waals surface area contributed by atoms with Gasteiger partial charge in [-0.25, -0.2) is 0 Å². The highest BCUT2D eigenvalue weighted by molar-refractivity contribution is 4.72. The Bertz CT molecular complexity index is 153. The fraction of sp³-hybridized carbons (Fsp3) is 1.00. The number of hydrogen-bond donors (Lipinski definition) is 1. The molecule has 0 saturated heterocycles. The standard InChI is InChI=1S/C13H27NO/c1-12(2)14(9-6-10-15)11-13-7-4-3-5-8-13/h12-13,15H,3-11H2,1-2H3. The van der Waals surface area contributed by atoms with Crippen LogP contribution >= 0.6 is 0 Å². The van der Waals surface area contributed by atoms with E-state index in [2.05, 4.69) is 18.7 Å². The number of aliphatic hydroxyl groups excluding tert-OH is 1. The van der Waals surface area contributed by atoms with Gasteiger partial charge in [-0.15, -0.1) is 0 Å². The van der Waals surface area contributed by atoms with Gasteiger partial charge in [-0.05, 0) is 39.0 Å².